The maximum atomic E-state index is 5.30. The minimum absolute atomic E-state index is 0.692. The molecule has 94 valence electrons. The van der Waals surface area contributed by atoms with Crippen LogP contribution >= 0.6 is 0 Å². The average Bonchev–Trinajstić information content (AvgIpc) is 2.45. The highest BCUT2D eigenvalue weighted by Gasteiger charge is 2.13. The van der Waals surface area contributed by atoms with E-state index in [-0.39, 0.29) is 0 Å². The molecular formula is C13H16N4O. The quantitative estimate of drug-likeness (QED) is 0.875. The molecule has 0 saturated carbocycles. The summed E-state index contributed by atoms with van der Waals surface area (Å²) in [5, 5.41) is 3.24. The molecule has 0 aliphatic heterocycles. The van der Waals surface area contributed by atoms with Crippen LogP contribution in [0.4, 0.5) is 5.82 Å². The Kier molecular flexibility index (Phi) is 4.06. The van der Waals surface area contributed by atoms with Gasteiger partial charge in [-0.3, -0.25) is 4.98 Å². The summed E-state index contributed by atoms with van der Waals surface area (Å²) in [6, 6.07) is 3.69. The summed E-state index contributed by atoms with van der Waals surface area (Å²) in [5.41, 5.74) is 1.41. The van der Waals surface area contributed by atoms with Gasteiger partial charge < -0.3 is 10.1 Å². The van der Waals surface area contributed by atoms with Gasteiger partial charge in [-0.1, -0.05) is 6.92 Å². The minimum atomic E-state index is 0.692. The zero-order valence-corrected chi connectivity index (χ0v) is 10.6. The molecule has 0 aliphatic carbocycles. The van der Waals surface area contributed by atoms with Crippen molar-refractivity contribution in [3.05, 3.63) is 30.7 Å². The molecule has 0 unspecified atom stereocenters. The van der Waals surface area contributed by atoms with Crippen LogP contribution in [0.5, 0.6) is 5.75 Å². The maximum absolute atomic E-state index is 5.30. The molecule has 0 atom stereocenters. The van der Waals surface area contributed by atoms with Gasteiger partial charge in [0.05, 0.1) is 7.11 Å². The van der Waals surface area contributed by atoms with E-state index in [2.05, 4.69) is 27.2 Å². The van der Waals surface area contributed by atoms with Gasteiger partial charge in [-0.25, -0.2) is 9.97 Å². The van der Waals surface area contributed by atoms with Crippen LogP contribution < -0.4 is 10.1 Å². The van der Waals surface area contributed by atoms with Gasteiger partial charge in [0.2, 0.25) is 0 Å². The fraction of sp³-hybridized carbons (Fsp3) is 0.308. The summed E-state index contributed by atoms with van der Waals surface area (Å²) >= 11 is 0. The Morgan fingerprint density at radius 3 is 2.67 bits per heavy atom. The Bertz CT molecular complexity index is 516. The van der Waals surface area contributed by atoms with Crippen LogP contribution in [-0.2, 0) is 0 Å². The van der Waals surface area contributed by atoms with Crippen LogP contribution in [0.3, 0.4) is 0 Å². The number of hydrogen-bond acceptors (Lipinski definition) is 5. The summed E-state index contributed by atoms with van der Waals surface area (Å²) in [7, 11) is 1.62. The van der Waals surface area contributed by atoms with E-state index in [0.29, 0.717) is 17.1 Å². The van der Waals surface area contributed by atoms with Crippen molar-refractivity contribution in [1.29, 1.82) is 0 Å². The summed E-state index contributed by atoms with van der Waals surface area (Å²) in [6.07, 6.45) is 6.06. The molecule has 0 amide bonds. The molecule has 0 bridgehead atoms. The second kappa shape index (κ2) is 5.95. The second-order valence-corrected chi connectivity index (χ2v) is 3.73. The van der Waals surface area contributed by atoms with Crippen molar-refractivity contribution in [3.8, 4) is 17.1 Å². The van der Waals surface area contributed by atoms with Gasteiger partial charge >= 0.3 is 0 Å². The topological polar surface area (TPSA) is 59.9 Å². The predicted octanol–water partition coefficient (Wildman–Crippen LogP) is 2.37. The molecule has 0 radical (unpaired) electrons. The summed E-state index contributed by atoms with van der Waals surface area (Å²) in [4.78, 5) is 13.0. The van der Waals surface area contributed by atoms with Gasteiger partial charge in [0.1, 0.15) is 17.1 Å². The predicted molar refractivity (Wildman–Crippen MR) is 70.6 cm³/mol. The van der Waals surface area contributed by atoms with Gasteiger partial charge in [0.25, 0.3) is 0 Å². The number of nitrogens with zero attached hydrogens (tertiary/aromatic N) is 3. The number of aromatic nitrogens is 3. The molecule has 5 nitrogen and oxygen atoms in total. The van der Waals surface area contributed by atoms with E-state index in [1.807, 2.05) is 12.1 Å². The van der Waals surface area contributed by atoms with Gasteiger partial charge in [0, 0.05) is 25.1 Å². The molecule has 2 heterocycles. The third-order valence-electron chi connectivity index (χ3n) is 2.46. The fourth-order valence-electron chi connectivity index (χ4n) is 1.62. The highest BCUT2D eigenvalue weighted by atomic mass is 16.5. The van der Waals surface area contributed by atoms with E-state index in [0.717, 1.165) is 18.8 Å². The first kappa shape index (κ1) is 12.3. The molecule has 0 saturated heterocycles. The minimum Gasteiger partial charge on any atom is -0.494 e. The molecule has 1 N–H and O–H groups in total. The Morgan fingerprint density at radius 1 is 1.11 bits per heavy atom. The monoisotopic (exact) mass is 244 g/mol. The number of rotatable bonds is 5. The first-order valence-electron chi connectivity index (χ1n) is 5.91. The van der Waals surface area contributed by atoms with Crippen molar-refractivity contribution in [1.82, 2.24) is 15.0 Å². The van der Waals surface area contributed by atoms with Crippen LogP contribution in [0.15, 0.2) is 30.7 Å². The van der Waals surface area contributed by atoms with Crippen LogP contribution in [0.1, 0.15) is 13.3 Å². The van der Waals surface area contributed by atoms with Gasteiger partial charge in [0.15, 0.2) is 5.82 Å². The maximum Gasteiger partial charge on any atom is 0.154 e. The molecule has 0 aliphatic rings. The normalized spacial score (nSPS) is 10.1. The van der Waals surface area contributed by atoms with Gasteiger partial charge in [-0.15, -0.1) is 0 Å². The smallest absolute Gasteiger partial charge is 0.154 e. The first-order valence-corrected chi connectivity index (χ1v) is 5.91. The molecule has 0 spiro atoms. The zero-order chi connectivity index (χ0) is 12.8. The Balaban J connectivity index is 2.43. The van der Waals surface area contributed by atoms with Crippen molar-refractivity contribution in [2.45, 2.75) is 13.3 Å². The standard InChI is InChI=1S/C13H16N4O/c1-3-6-16-13-12(15-8-9-17-13)11-10(18-2)5-4-7-14-11/h4-5,7-9H,3,6H2,1-2H3,(H,16,17). The Hall–Kier alpha value is -2.17. The number of ether oxygens (including phenoxy) is 1. The van der Waals surface area contributed by atoms with Crippen LogP contribution in [-0.4, -0.2) is 28.6 Å². The number of nitrogens with one attached hydrogen (secondary N) is 1. The summed E-state index contributed by atoms with van der Waals surface area (Å²) in [5.74, 6) is 1.42. The van der Waals surface area contributed by atoms with E-state index in [9.17, 15) is 0 Å². The molecule has 2 aromatic heterocycles. The lowest BCUT2D eigenvalue weighted by Gasteiger charge is -2.10. The number of anilines is 1. The zero-order valence-electron chi connectivity index (χ0n) is 10.6. The fourth-order valence-corrected chi connectivity index (χ4v) is 1.62. The van der Waals surface area contributed by atoms with E-state index in [1.165, 1.54) is 0 Å². The lowest BCUT2D eigenvalue weighted by molar-refractivity contribution is 0.414. The van der Waals surface area contributed by atoms with E-state index in [4.69, 9.17) is 4.74 Å². The lowest BCUT2D eigenvalue weighted by Crippen LogP contribution is -2.05. The molecule has 5 heteroatoms. The largest absolute Gasteiger partial charge is 0.494 e. The van der Waals surface area contributed by atoms with Crippen molar-refractivity contribution < 1.29 is 4.74 Å². The van der Waals surface area contributed by atoms with Crippen LogP contribution in [0.25, 0.3) is 11.4 Å². The molecular weight excluding hydrogens is 228 g/mol. The molecule has 2 aromatic rings. The number of pyridine rings is 1. The van der Waals surface area contributed by atoms with Crippen LogP contribution in [0, 0.1) is 0 Å². The number of hydrogen-bond donors (Lipinski definition) is 1. The third-order valence-corrected chi connectivity index (χ3v) is 2.46. The summed E-state index contributed by atoms with van der Waals surface area (Å²) < 4.78 is 5.30. The molecule has 2 rings (SSSR count). The van der Waals surface area contributed by atoms with E-state index in [1.54, 1.807) is 25.7 Å². The van der Waals surface area contributed by atoms with Crippen molar-refractivity contribution in [2.24, 2.45) is 0 Å². The number of methoxy groups -OCH3 is 1. The summed E-state index contributed by atoms with van der Waals surface area (Å²) in [6.45, 7) is 2.95. The van der Waals surface area contributed by atoms with Crippen molar-refractivity contribution in [2.75, 3.05) is 19.0 Å². The SMILES string of the molecule is CCCNc1nccnc1-c1ncccc1OC. The molecule has 0 fully saturated rings. The second-order valence-electron chi connectivity index (χ2n) is 3.73. The van der Waals surface area contributed by atoms with Gasteiger partial charge in [-0.2, -0.15) is 0 Å². The highest BCUT2D eigenvalue weighted by Crippen LogP contribution is 2.29. The lowest BCUT2D eigenvalue weighted by atomic mass is 10.2. The van der Waals surface area contributed by atoms with Gasteiger partial charge in [-0.05, 0) is 18.6 Å². The molecule has 0 aromatic carbocycles. The first-order chi connectivity index (χ1) is 8.86. The van der Waals surface area contributed by atoms with E-state index < -0.39 is 0 Å². The van der Waals surface area contributed by atoms with Crippen molar-refractivity contribution in [3.63, 3.8) is 0 Å². The van der Waals surface area contributed by atoms with E-state index >= 15 is 0 Å². The Morgan fingerprint density at radius 2 is 1.89 bits per heavy atom. The highest BCUT2D eigenvalue weighted by molar-refractivity contribution is 5.72. The third kappa shape index (κ3) is 2.56. The van der Waals surface area contributed by atoms with Crippen molar-refractivity contribution >= 4 is 5.82 Å². The average molecular weight is 244 g/mol. The Labute approximate surface area is 106 Å². The molecule has 18 heavy (non-hydrogen) atoms. The van der Waals surface area contributed by atoms with Crippen LogP contribution in [0.2, 0.25) is 0 Å².